The Kier molecular flexibility index (Phi) is 23.1. The van der Waals surface area contributed by atoms with Crippen molar-refractivity contribution >= 4 is 5.97 Å². The number of carbonyl (C=O) groups excluding carboxylic acids is 1. The van der Waals surface area contributed by atoms with Gasteiger partial charge in [-0.25, -0.2) is 0 Å². The largest absolute Gasteiger partial charge is 0.457 e. The zero-order valence-corrected chi connectivity index (χ0v) is 50.5. The highest BCUT2D eigenvalue weighted by molar-refractivity contribution is 5.66. The van der Waals surface area contributed by atoms with E-state index in [9.17, 15) is 4.79 Å². The zero-order valence-electron chi connectivity index (χ0n) is 50.5. The van der Waals surface area contributed by atoms with E-state index < -0.39 is 80.1 Å². The highest BCUT2D eigenvalue weighted by Crippen LogP contribution is 2.44. The molecule has 446 valence electrons. The third-order valence-corrected chi connectivity index (χ3v) is 19.2. The number of benzene rings is 3. The third-order valence-electron chi connectivity index (χ3n) is 19.2. The predicted molar refractivity (Wildman–Crippen MR) is 304 cm³/mol. The van der Waals surface area contributed by atoms with Gasteiger partial charge in [0, 0.05) is 30.6 Å². The first-order valence-corrected chi connectivity index (χ1v) is 30.5. The third kappa shape index (κ3) is 15.1. The van der Waals surface area contributed by atoms with Crippen LogP contribution in [-0.2, 0) is 86.2 Å². The first-order valence-electron chi connectivity index (χ1n) is 30.5. The molecule has 5 aliphatic rings. The van der Waals surface area contributed by atoms with E-state index in [-0.39, 0.29) is 85.5 Å². The van der Waals surface area contributed by atoms with Gasteiger partial charge in [0.2, 0.25) is 0 Å². The Balaban J connectivity index is 1.14. The Morgan fingerprint density at radius 2 is 0.787 bits per heavy atom. The monoisotopic (exact) mass is 1110 g/mol. The number of ether oxygens (including phenoxy) is 13. The smallest absolute Gasteiger partial charge is 0.303 e. The summed E-state index contributed by atoms with van der Waals surface area (Å²) in [6.07, 6.45) is -5.74. The summed E-state index contributed by atoms with van der Waals surface area (Å²) in [4.78, 5) is 12.9. The molecular formula is C66H98O14. The molecule has 80 heavy (non-hydrogen) atoms. The second kappa shape index (κ2) is 29.4. The first-order chi connectivity index (χ1) is 38.5. The summed E-state index contributed by atoms with van der Waals surface area (Å²) in [5.74, 6) is 0.269. The fraction of sp³-hybridized carbons (Fsp3) is 0.712. The SMILES string of the molecule is CCC1O[C@@H](OC2[C@@H](OCC3O[C@@H](O[C@@H]4C(COCc5ccccc5)O[C@@H](OCc5ccccc5)C(C)[C@H]4C)C(OCc4ccccc4)[C@@H](O[C@@H]4OC(CC)[C@H](C)[C@@H](C)C4OC(C)=O)[C@@H]3C)OC(CC)[C@@H](C)[C@@H]2C)C(C)[C@@H](C)[C@@H]1C. The number of carbonyl (C=O) groups is 1. The van der Waals surface area contributed by atoms with Gasteiger partial charge in [0.25, 0.3) is 0 Å². The van der Waals surface area contributed by atoms with Gasteiger partial charge in [-0.15, -0.1) is 0 Å². The minimum Gasteiger partial charge on any atom is -0.457 e. The van der Waals surface area contributed by atoms with E-state index in [4.69, 9.17) is 61.6 Å². The molecule has 5 aliphatic heterocycles. The minimum atomic E-state index is -1.03. The summed E-state index contributed by atoms with van der Waals surface area (Å²) in [6.45, 7) is 31.2. The maximum Gasteiger partial charge on any atom is 0.303 e. The molecule has 0 radical (unpaired) electrons. The average Bonchev–Trinajstić information content (AvgIpc) is 3.49. The van der Waals surface area contributed by atoms with E-state index in [1.807, 2.05) is 66.7 Å². The Hall–Kier alpha value is -3.35. The molecule has 8 rings (SSSR count). The molecule has 10 unspecified atom stereocenters. The van der Waals surface area contributed by atoms with Crippen LogP contribution in [-0.4, -0.2) is 112 Å². The summed E-state index contributed by atoms with van der Waals surface area (Å²) in [5.41, 5.74) is 3.07. The van der Waals surface area contributed by atoms with E-state index in [0.717, 1.165) is 36.0 Å². The fourth-order valence-electron chi connectivity index (χ4n) is 12.9. The van der Waals surface area contributed by atoms with E-state index in [0.29, 0.717) is 25.0 Å². The van der Waals surface area contributed by atoms with Crippen molar-refractivity contribution in [3.05, 3.63) is 108 Å². The molecule has 5 fully saturated rings. The van der Waals surface area contributed by atoms with Crippen molar-refractivity contribution in [3.63, 3.8) is 0 Å². The lowest BCUT2D eigenvalue weighted by Gasteiger charge is -2.51. The standard InChI is InChI=1S/C66H98O14/c1-15-52-39(5)38(4)45(11)63(73-52)80-59-42(8)40(6)53(16-2)74-64(59)71-37-55-47(13)58(79-65-60(72-48(14)67)43(9)41(7)54(17-3)75-65)61(69-34-50-29-23-19-24-30-50)66(76-55)78-57-44(10)46(12)62(70-35-51-31-25-20-26-32-51)77-56(57)36-68-33-49-27-21-18-22-28-49/h18-32,38-47,52-66H,15-17,33-37H2,1-14H3/t38-,39-,40-,41+,42-,43+,44+,45?,46?,47+,52?,53?,54?,55?,56?,57-,58-,59?,60?,61?,62+,63-,64-,65-,66-/m0/s1. The van der Waals surface area contributed by atoms with Crippen molar-refractivity contribution in [2.75, 3.05) is 13.2 Å². The Morgan fingerprint density at radius 1 is 0.362 bits per heavy atom. The Labute approximate surface area is 479 Å². The average molecular weight is 1120 g/mol. The summed E-state index contributed by atoms with van der Waals surface area (Å²) in [7, 11) is 0. The number of esters is 1. The zero-order chi connectivity index (χ0) is 57.2. The van der Waals surface area contributed by atoms with Gasteiger partial charge in [-0.1, -0.05) is 181 Å². The number of rotatable bonds is 23. The first kappa shape index (κ1) is 62.7. The van der Waals surface area contributed by atoms with Crippen molar-refractivity contribution in [1.29, 1.82) is 0 Å². The van der Waals surface area contributed by atoms with Crippen molar-refractivity contribution < 1.29 is 66.4 Å². The number of hydrogen-bond acceptors (Lipinski definition) is 14. The molecule has 5 heterocycles. The van der Waals surface area contributed by atoms with Crippen LogP contribution in [0, 0.1) is 59.2 Å². The van der Waals surface area contributed by atoms with Crippen LogP contribution in [0.25, 0.3) is 0 Å². The minimum absolute atomic E-state index is 0.0524. The Bertz CT molecular complexity index is 2270. The second-order valence-corrected chi connectivity index (χ2v) is 24.3. The van der Waals surface area contributed by atoms with Gasteiger partial charge in [0.15, 0.2) is 37.6 Å². The van der Waals surface area contributed by atoms with E-state index in [1.54, 1.807) is 0 Å². The molecule has 0 N–H and O–H groups in total. The van der Waals surface area contributed by atoms with Gasteiger partial charge in [0.1, 0.15) is 18.3 Å². The molecular weight excluding hydrogens is 1020 g/mol. The van der Waals surface area contributed by atoms with Crippen molar-refractivity contribution in [2.24, 2.45) is 59.2 Å². The van der Waals surface area contributed by atoms with Gasteiger partial charge < -0.3 is 61.6 Å². The summed E-state index contributed by atoms with van der Waals surface area (Å²) in [5, 5.41) is 0. The maximum atomic E-state index is 12.9. The van der Waals surface area contributed by atoms with Crippen LogP contribution in [0.5, 0.6) is 0 Å². The fourth-order valence-corrected chi connectivity index (χ4v) is 12.9. The number of hydrogen-bond donors (Lipinski definition) is 0. The second-order valence-electron chi connectivity index (χ2n) is 24.3. The van der Waals surface area contributed by atoms with Crippen LogP contribution < -0.4 is 0 Å². The highest BCUT2D eigenvalue weighted by atomic mass is 16.8. The summed E-state index contributed by atoms with van der Waals surface area (Å²) in [6, 6.07) is 30.3. The molecule has 3 aromatic carbocycles. The van der Waals surface area contributed by atoms with Gasteiger partial charge in [-0.05, 0) is 71.5 Å². The lowest BCUT2D eigenvalue weighted by molar-refractivity contribution is -0.378. The Morgan fingerprint density at radius 3 is 1.35 bits per heavy atom. The molecule has 0 spiro atoms. The molecule has 3 aromatic rings. The molecule has 14 nitrogen and oxygen atoms in total. The van der Waals surface area contributed by atoms with Gasteiger partial charge in [-0.2, -0.15) is 0 Å². The normalized spacial score (nSPS) is 40.5. The quantitative estimate of drug-likeness (QED) is 0.0833. The highest BCUT2D eigenvalue weighted by Gasteiger charge is 2.55. The molecule has 5 saturated heterocycles. The van der Waals surface area contributed by atoms with E-state index >= 15 is 0 Å². The van der Waals surface area contributed by atoms with Crippen LogP contribution in [0.4, 0.5) is 0 Å². The van der Waals surface area contributed by atoms with Crippen LogP contribution in [0.15, 0.2) is 91.0 Å². The van der Waals surface area contributed by atoms with Gasteiger partial charge >= 0.3 is 5.97 Å². The van der Waals surface area contributed by atoms with E-state index in [1.165, 1.54) is 6.92 Å². The maximum absolute atomic E-state index is 12.9. The molecule has 0 aliphatic carbocycles. The van der Waals surface area contributed by atoms with Crippen LogP contribution in [0.2, 0.25) is 0 Å². The molecule has 0 saturated carbocycles. The lowest BCUT2D eigenvalue weighted by Crippen LogP contribution is -2.63. The topological polar surface area (TPSA) is 137 Å². The van der Waals surface area contributed by atoms with E-state index in [2.05, 4.69) is 114 Å². The molecule has 25 atom stereocenters. The van der Waals surface area contributed by atoms with Crippen molar-refractivity contribution in [1.82, 2.24) is 0 Å². The summed E-state index contributed by atoms with van der Waals surface area (Å²) >= 11 is 0. The molecule has 0 amide bonds. The van der Waals surface area contributed by atoms with Crippen molar-refractivity contribution in [3.8, 4) is 0 Å². The lowest BCUT2D eigenvalue weighted by atomic mass is 9.78. The van der Waals surface area contributed by atoms with Crippen LogP contribution in [0.1, 0.15) is 133 Å². The van der Waals surface area contributed by atoms with Gasteiger partial charge in [0.05, 0.1) is 69.7 Å². The molecule has 0 aromatic heterocycles. The molecule has 14 heteroatoms. The molecule has 0 bridgehead atoms. The summed E-state index contributed by atoms with van der Waals surface area (Å²) < 4.78 is 90.4. The van der Waals surface area contributed by atoms with Crippen LogP contribution in [0.3, 0.4) is 0 Å². The van der Waals surface area contributed by atoms with Crippen LogP contribution >= 0.6 is 0 Å². The van der Waals surface area contributed by atoms with Gasteiger partial charge in [-0.3, -0.25) is 4.79 Å². The van der Waals surface area contributed by atoms with Crippen molar-refractivity contribution in [2.45, 2.75) is 229 Å². The predicted octanol–water partition coefficient (Wildman–Crippen LogP) is 12.3.